The summed E-state index contributed by atoms with van der Waals surface area (Å²) >= 11 is 12.2. The second-order valence-corrected chi connectivity index (χ2v) is 12.2. The molecule has 0 radical (unpaired) electrons. The van der Waals surface area contributed by atoms with Gasteiger partial charge in [0.1, 0.15) is 18.3 Å². The van der Waals surface area contributed by atoms with Crippen LogP contribution in [0.2, 0.25) is 10.0 Å². The summed E-state index contributed by atoms with van der Waals surface area (Å²) in [6.07, 6.45) is 1.31. The number of methoxy groups -OCH3 is 1. The Bertz CT molecular complexity index is 1180. The number of ether oxygens (including phenoxy) is 1. The van der Waals surface area contributed by atoms with Crippen molar-refractivity contribution < 1.29 is 22.7 Å². The maximum Gasteiger partial charge on any atom is 0.244 e. The molecule has 0 aliphatic heterocycles. The normalized spacial score (nSPS) is 12.6. The summed E-state index contributed by atoms with van der Waals surface area (Å²) in [4.78, 5) is 28.3. The van der Waals surface area contributed by atoms with Crippen LogP contribution in [0.5, 0.6) is 5.75 Å². The lowest BCUT2D eigenvalue weighted by atomic mass is 10.1. The van der Waals surface area contributed by atoms with Crippen molar-refractivity contribution in [3.8, 4) is 5.75 Å². The Hall–Kier alpha value is -2.49. The van der Waals surface area contributed by atoms with E-state index in [1.165, 1.54) is 30.2 Å². The van der Waals surface area contributed by atoms with E-state index in [0.29, 0.717) is 12.2 Å². The fourth-order valence-electron chi connectivity index (χ4n) is 3.64. The van der Waals surface area contributed by atoms with Crippen molar-refractivity contribution >= 4 is 50.7 Å². The summed E-state index contributed by atoms with van der Waals surface area (Å²) in [6, 6.07) is 10.6. The molecular weight excluding hydrogens is 525 g/mol. The SMILES string of the molecule is CCC(C(=O)NC(C)(C)C)N(Cc1cccc(OC)c1)C(=O)CN(c1cc(Cl)cc(Cl)c1)S(C)(=O)=O. The van der Waals surface area contributed by atoms with Crippen LogP contribution in [0.15, 0.2) is 42.5 Å². The minimum atomic E-state index is -3.90. The molecule has 2 aromatic carbocycles. The third kappa shape index (κ3) is 8.57. The van der Waals surface area contributed by atoms with Crippen molar-refractivity contribution in [1.29, 1.82) is 0 Å². The first-order valence-corrected chi connectivity index (χ1v) is 13.9. The third-order valence-corrected chi connectivity index (χ3v) is 6.76. The molecule has 0 heterocycles. The molecule has 2 amide bonds. The number of amides is 2. The monoisotopic (exact) mass is 557 g/mol. The van der Waals surface area contributed by atoms with Crippen LogP contribution in [-0.4, -0.2) is 56.6 Å². The Morgan fingerprint density at radius 1 is 1.08 bits per heavy atom. The highest BCUT2D eigenvalue weighted by atomic mass is 35.5. The first kappa shape index (κ1) is 29.7. The van der Waals surface area contributed by atoms with Gasteiger partial charge in [-0.05, 0) is 63.1 Å². The third-order valence-electron chi connectivity index (χ3n) is 5.19. The molecule has 198 valence electrons. The van der Waals surface area contributed by atoms with Crippen molar-refractivity contribution in [1.82, 2.24) is 10.2 Å². The molecule has 0 bridgehead atoms. The van der Waals surface area contributed by atoms with Crippen LogP contribution < -0.4 is 14.4 Å². The number of sulfonamides is 1. The van der Waals surface area contributed by atoms with E-state index in [-0.39, 0.29) is 28.2 Å². The summed E-state index contributed by atoms with van der Waals surface area (Å²) in [5.41, 5.74) is 0.351. The molecule has 0 spiro atoms. The van der Waals surface area contributed by atoms with E-state index >= 15 is 0 Å². The number of nitrogens with zero attached hydrogens (tertiary/aromatic N) is 2. The molecule has 1 unspecified atom stereocenters. The summed E-state index contributed by atoms with van der Waals surface area (Å²) in [7, 11) is -2.36. The van der Waals surface area contributed by atoms with E-state index in [4.69, 9.17) is 27.9 Å². The predicted molar refractivity (Wildman–Crippen MR) is 144 cm³/mol. The van der Waals surface area contributed by atoms with Crippen LogP contribution in [0.1, 0.15) is 39.7 Å². The van der Waals surface area contributed by atoms with Gasteiger partial charge in [-0.15, -0.1) is 0 Å². The average molecular weight is 559 g/mol. The average Bonchev–Trinajstić information content (AvgIpc) is 2.74. The van der Waals surface area contributed by atoms with E-state index in [1.807, 2.05) is 26.8 Å². The van der Waals surface area contributed by atoms with Crippen molar-refractivity contribution in [2.24, 2.45) is 0 Å². The Balaban J connectivity index is 2.51. The fourth-order valence-corrected chi connectivity index (χ4v) is 4.98. The number of hydrogen-bond donors (Lipinski definition) is 1. The molecule has 2 aromatic rings. The van der Waals surface area contributed by atoms with Gasteiger partial charge < -0.3 is 15.0 Å². The van der Waals surface area contributed by atoms with Gasteiger partial charge in [0, 0.05) is 22.1 Å². The lowest BCUT2D eigenvalue weighted by Gasteiger charge is -2.34. The zero-order chi connectivity index (χ0) is 27.3. The molecule has 1 atom stereocenters. The van der Waals surface area contributed by atoms with Gasteiger partial charge in [0.15, 0.2) is 0 Å². The van der Waals surface area contributed by atoms with Crippen LogP contribution in [0.4, 0.5) is 5.69 Å². The van der Waals surface area contributed by atoms with E-state index < -0.39 is 34.1 Å². The van der Waals surface area contributed by atoms with Gasteiger partial charge in [-0.2, -0.15) is 0 Å². The number of rotatable bonds is 10. The number of halogens is 2. The fraction of sp³-hybridized carbons (Fsp3) is 0.440. The van der Waals surface area contributed by atoms with Gasteiger partial charge >= 0.3 is 0 Å². The zero-order valence-corrected chi connectivity index (χ0v) is 23.7. The van der Waals surface area contributed by atoms with Crippen molar-refractivity contribution in [2.45, 2.75) is 52.2 Å². The van der Waals surface area contributed by atoms with Crippen molar-refractivity contribution in [3.63, 3.8) is 0 Å². The summed E-state index contributed by atoms with van der Waals surface area (Å²) < 4.78 is 31.6. The molecule has 1 N–H and O–H groups in total. The van der Waals surface area contributed by atoms with Gasteiger partial charge in [0.2, 0.25) is 21.8 Å². The molecule has 0 fully saturated rings. The second-order valence-electron chi connectivity index (χ2n) is 9.43. The first-order chi connectivity index (χ1) is 16.6. The van der Waals surface area contributed by atoms with Gasteiger partial charge in [-0.25, -0.2) is 8.42 Å². The van der Waals surface area contributed by atoms with Gasteiger partial charge in [-0.3, -0.25) is 13.9 Å². The van der Waals surface area contributed by atoms with Crippen LogP contribution in [-0.2, 0) is 26.2 Å². The Morgan fingerprint density at radius 2 is 1.69 bits per heavy atom. The Labute approximate surface area is 223 Å². The first-order valence-electron chi connectivity index (χ1n) is 11.3. The number of nitrogens with one attached hydrogen (secondary N) is 1. The molecule has 0 aliphatic carbocycles. The molecule has 0 aromatic heterocycles. The summed E-state index contributed by atoms with van der Waals surface area (Å²) in [5, 5.41) is 3.37. The second kappa shape index (κ2) is 12.2. The Kier molecular flexibility index (Phi) is 10.0. The molecule has 11 heteroatoms. The van der Waals surface area contributed by atoms with E-state index in [0.717, 1.165) is 16.1 Å². The largest absolute Gasteiger partial charge is 0.497 e. The van der Waals surface area contributed by atoms with Crippen molar-refractivity contribution in [3.05, 3.63) is 58.1 Å². The van der Waals surface area contributed by atoms with Crippen LogP contribution in [0, 0.1) is 0 Å². The molecular formula is C25H33Cl2N3O5S. The summed E-state index contributed by atoms with van der Waals surface area (Å²) in [5.74, 6) is -0.299. The molecule has 0 saturated carbocycles. The molecule has 8 nitrogen and oxygen atoms in total. The van der Waals surface area contributed by atoms with Gasteiger partial charge in [-0.1, -0.05) is 42.3 Å². The van der Waals surface area contributed by atoms with Crippen molar-refractivity contribution in [2.75, 3.05) is 24.2 Å². The molecule has 2 rings (SSSR count). The highest BCUT2D eigenvalue weighted by Gasteiger charge is 2.33. The number of carbonyl (C=O) groups excluding carboxylic acids is 2. The smallest absolute Gasteiger partial charge is 0.244 e. The molecule has 0 saturated heterocycles. The van der Waals surface area contributed by atoms with Crippen LogP contribution in [0.25, 0.3) is 0 Å². The highest BCUT2D eigenvalue weighted by molar-refractivity contribution is 7.92. The molecule has 36 heavy (non-hydrogen) atoms. The van der Waals surface area contributed by atoms with E-state index in [1.54, 1.807) is 25.1 Å². The highest BCUT2D eigenvalue weighted by Crippen LogP contribution is 2.27. The minimum absolute atomic E-state index is 0.0695. The van der Waals surface area contributed by atoms with Gasteiger partial charge in [0.05, 0.1) is 19.1 Å². The van der Waals surface area contributed by atoms with Crippen LogP contribution >= 0.6 is 23.2 Å². The standard InChI is InChI=1S/C25H33Cl2N3O5S/c1-7-22(24(32)28-25(2,3)4)29(15-17-9-8-10-21(11-17)35-5)23(31)16-30(36(6,33)34)20-13-18(26)12-19(27)14-20/h8-14,22H,7,15-16H2,1-6H3,(H,28,32). The topological polar surface area (TPSA) is 96.0 Å². The zero-order valence-electron chi connectivity index (χ0n) is 21.3. The summed E-state index contributed by atoms with van der Waals surface area (Å²) in [6.45, 7) is 6.86. The lowest BCUT2D eigenvalue weighted by Crippen LogP contribution is -2.55. The molecule has 0 aliphatic rings. The minimum Gasteiger partial charge on any atom is -0.497 e. The van der Waals surface area contributed by atoms with Crippen LogP contribution in [0.3, 0.4) is 0 Å². The quantitative estimate of drug-likeness (QED) is 0.464. The number of anilines is 1. The Morgan fingerprint density at radius 3 is 2.19 bits per heavy atom. The van der Waals surface area contributed by atoms with Gasteiger partial charge in [0.25, 0.3) is 0 Å². The predicted octanol–water partition coefficient (Wildman–Crippen LogP) is 4.49. The number of hydrogen-bond acceptors (Lipinski definition) is 5. The van der Waals surface area contributed by atoms with E-state index in [2.05, 4.69) is 5.32 Å². The number of carbonyl (C=O) groups is 2. The van der Waals surface area contributed by atoms with E-state index in [9.17, 15) is 18.0 Å². The maximum atomic E-state index is 13.7. The lowest BCUT2D eigenvalue weighted by molar-refractivity contribution is -0.141. The maximum absolute atomic E-state index is 13.7. The number of benzene rings is 2.